The lowest BCUT2D eigenvalue weighted by Gasteiger charge is -2.38. The molecule has 1 amide bonds. The Labute approximate surface area is 169 Å². The molecule has 0 saturated carbocycles. The van der Waals surface area contributed by atoms with Crippen molar-refractivity contribution in [1.29, 1.82) is 0 Å². The van der Waals surface area contributed by atoms with Crippen molar-refractivity contribution >= 4 is 5.91 Å². The van der Waals surface area contributed by atoms with Gasteiger partial charge in [-0.3, -0.25) is 9.59 Å². The number of morpholine rings is 1. The van der Waals surface area contributed by atoms with Gasteiger partial charge < -0.3 is 14.5 Å². The van der Waals surface area contributed by atoms with Crippen LogP contribution in [-0.4, -0.2) is 80.7 Å². The average Bonchev–Trinajstić information content (AvgIpc) is 3.26. The number of hydrogen-bond donors (Lipinski definition) is 0. The Balaban J connectivity index is 1.30. The molecule has 1 unspecified atom stereocenters. The number of ether oxygens (including phenoxy) is 1. The zero-order chi connectivity index (χ0) is 20.2. The molecule has 2 aromatic rings. The molecule has 2 aromatic heterocycles. The number of likely N-dealkylation sites (tertiary alicyclic amines) is 1. The number of carbonyl (C=O) groups is 1. The summed E-state index contributed by atoms with van der Waals surface area (Å²) in [5, 5.41) is 8.66. The number of piperidine rings is 1. The van der Waals surface area contributed by atoms with E-state index in [1.54, 1.807) is 34.6 Å². The van der Waals surface area contributed by atoms with Crippen molar-refractivity contribution in [1.82, 2.24) is 29.4 Å². The minimum atomic E-state index is -0.0803. The van der Waals surface area contributed by atoms with E-state index in [0.717, 1.165) is 32.5 Å². The highest BCUT2D eigenvalue weighted by Gasteiger charge is 2.27. The van der Waals surface area contributed by atoms with E-state index in [9.17, 15) is 9.59 Å². The second-order valence-corrected chi connectivity index (χ2v) is 7.86. The SMILES string of the molecule is CC(=O)N1CCOC(CN2CCC(Cn3nc(-n4cccn4)ccc3=O)CC2)C1. The van der Waals surface area contributed by atoms with Crippen LogP contribution in [-0.2, 0) is 16.1 Å². The first-order chi connectivity index (χ1) is 14.1. The summed E-state index contributed by atoms with van der Waals surface area (Å²) in [6, 6.07) is 5.09. The average molecular weight is 400 g/mol. The summed E-state index contributed by atoms with van der Waals surface area (Å²) in [4.78, 5) is 28.1. The highest BCUT2D eigenvalue weighted by atomic mass is 16.5. The van der Waals surface area contributed by atoms with Gasteiger partial charge in [0.15, 0.2) is 5.82 Å². The van der Waals surface area contributed by atoms with Crippen LogP contribution in [0.2, 0.25) is 0 Å². The van der Waals surface area contributed by atoms with E-state index in [-0.39, 0.29) is 17.6 Å². The van der Waals surface area contributed by atoms with Crippen LogP contribution in [0.15, 0.2) is 35.4 Å². The Morgan fingerprint density at radius 2 is 2.03 bits per heavy atom. The first-order valence-electron chi connectivity index (χ1n) is 10.3. The number of rotatable bonds is 5. The standard InChI is InChI=1S/C20H28N6O3/c1-16(27)24-11-12-29-18(15-24)14-23-9-5-17(6-10-23)13-26-20(28)4-3-19(22-26)25-8-2-7-21-25/h2-4,7-8,17-18H,5-6,9-15H2,1H3. The molecule has 0 spiro atoms. The number of carbonyl (C=O) groups excluding carboxylic acids is 1. The van der Waals surface area contributed by atoms with Crippen LogP contribution in [0, 0.1) is 5.92 Å². The molecular weight excluding hydrogens is 372 g/mol. The van der Waals surface area contributed by atoms with Crippen molar-refractivity contribution in [3.63, 3.8) is 0 Å². The molecule has 0 aliphatic carbocycles. The van der Waals surface area contributed by atoms with E-state index in [1.807, 2.05) is 17.2 Å². The van der Waals surface area contributed by atoms with E-state index in [1.165, 1.54) is 0 Å². The monoisotopic (exact) mass is 400 g/mol. The predicted molar refractivity (Wildman–Crippen MR) is 107 cm³/mol. The third-order valence-electron chi connectivity index (χ3n) is 5.78. The van der Waals surface area contributed by atoms with Gasteiger partial charge >= 0.3 is 0 Å². The fourth-order valence-corrected chi connectivity index (χ4v) is 4.10. The Bertz CT molecular complexity index is 873. The summed E-state index contributed by atoms with van der Waals surface area (Å²) in [6.07, 6.45) is 5.63. The molecule has 4 heterocycles. The molecule has 4 rings (SSSR count). The van der Waals surface area contributed by atoms with Crippen molar-refractivity contribution in [3.8, 4) is 5.82 Å². The summed E-state index contributed by atoms with van der Waals surface area (Å²) in [5.41, 5.74) is -0.0803. The van der Waals surface area contributed by atoms with Crippen molar-refractivity contribution < 1.29 is 9.53 Å². The van der Waals surface area contributed by atoms with Gasteiger partial charge in [-0.2, -0.15) is 5.10 Å². The number of nitrogens with zero attached hydrogens (tertiary/aromatic N) is 6. The maximum Gasteiger partial charge on any atom is 0.266 e. The topological polar surface area (TPSA) is 85.5 Å². The van der Waals surface area contributed by atoms with Gasteiger partial charge in [0.25, 0.3) is 5.56 Å². The van der Waals surface area contributed by atoms with Crippen molar-refractivity contribution in [3.05, 3.63) is 40.9 Å². The van der Waals surface area contributed by atoms with E-state index in [2.05, 4.69) is 15.1 Å². The minimum absolute atomic E-state index is 0.0803. The van der Waals surface area contributed by atoms with Gasteiger partial charge in [0.1, 0.15) is 0 Å². The molecule has 0 aromatic carbocycles. The molecule has 0 bridgehead atoms. The molecule has 9 heteroatoms. The van der Waals surface area contributed by atoms with Crippen molar-refractivity contribution in [2.75, 3.05) is 39.3 Å². The highest BCUT2D eigenvalue weighted by Crippen LogP contribution is 2.20. The summed E-state index contributed by atoms with van der Waals surface area (Å²) in [7, 11) is 0. The van der Waals surface area contributed by atoms with Crippen LogP contribution in [0.5, 0.6) is 0 Å². The van der Waals surface area contributed by atoms with Crippen LogP contribution in [0.4, 0.5) is 0 Å². The molecule has 156 valence electrons. The van der Waals surface area contributed by atoms with Crippen LogP contribution in [0.1, 0.15) is 19.8 Å². The largest absolute Gasteiger partial charge is 0.373 e. The molecule has 29 heavy (non-hydrogen) atoms. The first kappa shape index (κ1) is 19.8. The highest BCUT2D eigenvalue weighted by molar-refractivity contribution is 5.73. The smallest absolute Gasteiger partial charge is 0.266 e. The number of aromatic nitrogens is 4. The van der Waals surface area contributed by atoms with Crippen LogP contribution in [0.25, 0.3) is 5.82 Å². The quantitative estimate of drug-likeness (QED) is 0.722. The summed E-state index contributed by atoms with van der Waals surface area (Å²) < 4.78 is 9.07. The lowest BCUT2D eigenvalue weighted by molar-refractivity contribution is -0.137. The van der Waals surface area contributed by atoms with Gasteiger partial charge in [-0.1, -0.05) is 0 Å². The van der Waals surface area contributed by atoms with Gasteiger partial charge in [0.2, 0.25) is 5.91 Å². The van der Waals surface area contributed by atoms with E-state index in [0.29, 0.717) is 38.0 Å². The van der Waals surface area contributed by atoms with E-state index in [4.69, 9.17) is 4.74 Å². The van der Waals surface area contributed by atoms with E-state index >= 15 is 0 Å². The Hall–Kier alpha value is -2.52. The van der Waals surface area contributed by atoms with Gasteiger partial charge in [0.05, 0.1) is 12.7 Å². The molecule has 0 N–H and O–H groups in total. The van der Waals surface area contributed by atoms with Gasteiger partial charge in [-0.15, -0.1) is 5.10 Å². The second kappa shape index (κ2) is 8.87. The fraction of sp³-hybridized carbons (Fsp3) is 0.600. The van der Waals surface area contributed by atoms with Gasteiger partial charge in [-0.05, 0) is 44.0 Å². The lowest BCUT2D eigenvalue weighted by atomic mass is 9.96. The summed E-state index contributed by atoms with van der Waals surface area (Å²) in [6.45, 7) is 7.01. The number of hydrogen-bond acceptors (Lipinski definition) is 6. The number of amides is 1. The maximum atomic E-state index is 12.2. The van der Waals surface area contributed by atoms with Gasteiger partial charge in [0, 0.05) is 51.6 Å². The molecular formula is C20H28N6O3. The normalized spacial score (nSPS) is 21.4. The molecule has 2 fully saturated rings. The van der Waals surface area contributed by atoms with Crippen molar-refractivity contribution in [2.45, 2.75) is 32.4 Å². The molecule has 1 atom stereocenters. The molecule has 0 radical (unpaired) electrons. The van der Waals surface area contributed by atoms with Crippen LogP contribution < -0.4 is 5.56 Å². The maximum absolute atomic E-state index is 12.2. The molecule has 2 aliphatic rings. The Kier molecular flexibility index (Phi) is 6.05. The van der Waals surface area contributed by atoms with Crippen LogP contribution in [0.3, 0.4) is 0 Å². The summed E-state index contributed by atoms with van der Waals surface area (Å²) in [5.74, 6) is 1.19. The van der Waals surface area contributed by atoms with E-state index < -0.39 is 0 Å². The summed E-state index contributed by atoms with van der Waals surface area (Å²) >= 11 is 0. The first-order valence-corrected chi connectivity index (χ1v) is 10.3. The third kappa shape index (κ3) is 4.91. The predicted octanol–water partition coefficient (Wildman–Crippen LogP) is 0.388. The van der Waals surface area contributed by atoms with Crippen LogP contribution >= 0.6 is 0 Å². The zero-order valence-electron chi connectivity index (χ0n) is 16.8. The third-order valence-corrected chi connectivity index (χ3v) is 5.78. The second-order valence-electron chi connectivity index (χ2n) is 7.86. The minimum Gasteiger partial charge on any atom is -0.373 e. The molecule has 9 nitrogen and oxygen atoms in total. The lowest BCUT2D eigenvalue weighted by Crippen LogP contribution is -2.50. The Morgan fingerprint density at radius 1 is 1.21 bits per heavy atom. The molecule has 2 aliphatic heterocycles. The van der Waals surface area contributed by atoms with Gasteiger partial charge in [-0.25, -0.2) is 9.36 Å². The van der Waals surface area contributed by atoms with Crippen molar-refractivity contribution in [2.24, 2.45) is 5.92 Å². The fourth-order valence-electron chi connectivity index (χ4n) is 4.10. The zero-order valence-corrected chi connectivity index (χ0v) is 16.8. The molecule has 2 saturated heterocycles. The Morgan fingerprint density at radius 3 is 2.76 bits per heavy atom.